The van der Waals surface area contributed by atoms with Gasteiger partial charge in [0.2, 0.25) is 0 Å². The van der Waals surface area contributed by atoms with Crippen LogP contribution in [0, 0.1) is 0 Å². The smallest absolute Gasteiger partial charge is 0.306 e. The highest BCUT2D eigenvalue weighted by Gasteiger charge is 2.19. The van der Waals surface area contributed by atoms with Crippen molar-refractivity contribution in [1.82, 2.24) is 0 Å². The Hall–Kier alpha value is -4.19. The number of rotatable bonds is 56. The van der Waals surface area contributed by atoms with E-state index in [1.807, 2.05) is 0 Å². The number of esters is 3. The molecule has 0 rings (SSSR count). The second-order valence-corrected chi connectivity index (χ2v) is 20.6. The van der Waals surface area contributed by atoms with Crippen LogP contribution in [0.5, 0.6) is 0 Å². The van der Waals surface area contributed by atoms with Gasteiger partial charge in [0, 0.05) is 19.3 Å². The third-order valence-electron chi connectivity index (χ3n) is 13.2. The van der Waals surface area contributed by atoms with E-state index in [1.54, 1.807) is 0 Å². The number of ether oxygens (including phenoxy) is 3. The first-order valence-corrected chi connectivity index (χ1v) is 31.5. The standard InChI is InChI=1S/C70H116O6/c1-4-7-10-13-16-19-21-23-25-27-29-31-33-34-35-36-38-39-41-43-45-47-49-51-54-57-60-63-69(72)75-66-67(65-74-68(71)62-59-56-53-18-15-12-9-6-3)76-70(73)64-61-58-55-52-50-48-46-44-42-40-37-32-30-28-26-24-22-20-17-14-11-8-5-2/h7,10,16,19,22-25,28-31,34-35,38-39,43,45,49,51,67H,4-6,8-9,11-15,17-18,20-21,26-27,32-33,36-37,40-42,44,46-48,50,52-66H2,1-3H3/b10-7-,19-16-,24-22-,25-23-,30-28-,31-29-,35-34-,39-38-,45-43-,51-49-. The van der Waals surface area contributed by atoms with Crippen molar-refractivity contribution in [3.05, 3.63) is 122 Å². The van der Waals surface area contributed by atoms with Crippen molar-refractivity contribution in [3.8, 4) is 0 Å². The van der Waals surface area contributed by atoms with E-state index in [9.17, 15) is 14.4 Å². The fourth-order valence-corrected chi connectivity index (χ4v) is 8.49. The van der Waals surface area contributed by atoms with Crippen LogP contribution in [0.3, 0.4) is 0 Å². The topological polar surface area (TPSA) is 78.9 Å². The third-order valence-corrected chi connectivity index (χ3v) is 13.2. The lowest BCUT2D eigenvalue weighted by Crippen LogP contribution is -2.30. The molecule has 6 heteroatoms. The van der Waals surface area contributed by atoms with Gasteiger partial charge in [0.1, 0.15) is 13.2 Å². The molecule has 0 aliphatic heterocycles. The van der Waals surface area contributed by atoms with Gasteiger partial charge in [-0.15, -0.1) is 0 Å². The maximum Gasteiger partial charge on any atom is 0.306 e. The van der Waals surface area contributed by atoms with E-state index < -0.39 is 6.10 Å². The predicted octanol–water partition coefficient (Wildman–Crippen LogP) is 21.6. The Labute approximate surface area is 469 Å². The van der Waals surface area contributed by atoms with Crippen LogP contribution in [0.15, 0.2) is 122 Å². The Morgan fingerprint density at radius 1 is 0.276 bits per heavy atom. The molecule has 0 N–H and O–H groups in total. The highest BCUT2D eigenvalue weighted by molar-refractivity contribution is 5.71. The average molecular weight is 1050 g/mol. The van der Waals surface area contributed by atoms with E-state index in [0.717, 1.165) is 116 Å². The van der Waals surface area contributed by atoms with Gasteiger partial charge in [-0.1, -0.05) is 271 Å². The molecule has 0 bridgehead atoms. The summed E-state index contributed by atoms with van der Waals surface area (Å²) in [5, 5.41) is 0. The van der Waals surface area contributed by atoms with Gasteiger partial charge >= 0.3 is 17.9 Å². The Morgan fingerprint density at radius 3 is 0.829 bits per heavy atom. The first kappa shape index (κ1) is 71.8. The normalized spacial score (nSPS) is 12.9. The lowest BCUT2D eigenvalue weighted by molar-refractivity contribution is -0.167. The fraction of sp³-hybridized carbons (Fsp3) is 0.671. The summed E-state index contributed by atoms with van der Waals surface area (Å²) in [4.78, 5) is 38.1. The molecule has 6 nitrogen and oxygen atoms in total. The Kier molecular flexibility index (Phi) is 59.9. The summed E-state index contributed by atoms with van der Waals surface area (Å²) in [5.41, 5.74) is 0. The van der Waals surface area contributed by atoms with Gasteiger partial charge < -0.3 is 14.2 Å². The second kappa shape index (κ2) is 63.3. The van der Waals surface area contributed by atoms with Crippen molar-refractivity contribution in [2.24, 2.45) is 0 Å². The van der Waals surface area contributed by atoms with Crippen LogP contribution in [0.1, 0.15) is 284 Å². The van der Waals surface area contributed by atoms with Crippen LogP contribution >= 0.6 is 0 Å². The largest absolute Gasteiger partial charge is 0.462 e. The highest BCUT2D eigenvalue weighted by Crippen LogP contribution is 2.15. The number of carbonyl (C=O) groups is 3. The number of allylic oxidation sites excluding steroid dienone is 20. The summed E-state index contributed by atoms with van der Waals surface area (Å²) >= 11 is 0. The molecule has 0 aromatic heterocycles. The summed E-state index contributed by atoms with van der Waals surface area (Å²) in [6, 6.07) is 0. The Morgan fingerprint density at radius 2 is 0.513 bits per heavy atom. The van der Waals surface area contributed by atoms with E-state index in [1.165, 1.54) is 128 Å². The zero-order valence-corrected chi connectivity index (χ0v) is 49.5. The van der Waals surface area contributed by atoms with Gasteiger partial charge in [-0.05, 0) is 116 Å². The molecule has 0 aliphatic rings. The Bertz CT molecular complexity index is 1590. The van der Waals surface area contributed by atoms with Crippen LogP contribution in [0.2, 0.25) is 0 Å². The molecule has 0 saturated carbocycles. The number of carbonyl (C=O) groups excluding carboxylic acids is 3. The molecule has 0 amide bonds. The molecule has 0 saturated heterocycles. The molecule has 0 radical (unpaired) electrons. The number of hydrogen-bond acceptors (Lipinski definition) is 6. The molecule has 1 unspecified atom stereocenters. The van der Waals surface area contributed by atoms with Crippen molar-refractivity contribution in [1.29, 1.82) is 0 Å². The lowest BCUT2D eigenvalue weighted by atomic mass is 10.0. The van der Waals surface area contributed by atoms with Crippen molar-refractivity contribution < 1.29 is 28.6 Å². The van der Waals surface area contributed by atoms with Crippen molar-refractivity contribution >= 4 is 17.9 Å². The fourth-order valence-electron chi connectivity index (χ4n) is 8.49. The molecule has 1 atom stereocenters. The minimum Gasteiger partial charge on any atom is -0.462 e. The maximum absolute atomic E-state index is 12.9. The van der Waals surface area contributed by atoms with Crippen molar-refractivity contribution in [2.75, 3.05) is 13.2 Å². The number of hydrogen-bond donors (Lipinski definition) is 0. The monoisotopic (exact) mass is 1050 g/mol. The molecule has 76 heavy (non-hydrogen) atoms. The maximum atomic E-state index is 12.9. The van der Waals surface area contributed by atoms with Crippen molar-refractivity contribution in [3.63, 3.8) is 0 Å². The highest BCUT2D eigenvalue weighted by atomic mass is 16.6. The van der Waals surface area contributed by atoms with E-state index >= 15 is 0 Å². The minimum atomic E-state index is -0.798. The first-order valence-electron chi connectivity index (χ1n) is 31.5. The molecular formula is C70H116O6. The van der Waals surface area contributed by atoms with Crippen LogP contribution in [-0.2, 0) is 28.6 Å². The Balaban J connectivity index is 4.30. The molecule has 0 aromatic carbocycles. The minimum absolute atomic E-state index is 0.0935. The summed E-state index contributed by atoms with van der Waals surface area (Å²) in [6.45, 7) is 6.46. The van der Waals surface area contributed by atoms with Gasteiger partial charge in [0.25, 0.3) is 0 Å². The molecular weight excluding hydrogens is 937 g/mol. The average Bonchev–Trinajstić information content (AvgIpc) is 3.42. The molecule has 0 aliphatic carbocycles. The van der Waals surface area contributed by atoms with Crippen LogP contribution in [-0.4, -0.2) is 37.2 Å². The van der Waals surface area contributed by atoms with Gasteiger partial charge in [0.15, 0.2) is 6.10 Å². The van der Waals surface area contributed by atoms with E-state index in [2.05, 4.69) is 142 Å². The summed E-state index contributed by atoms with van der Waals surface area (Å²) in [7, 11) is 0. The second-order valence-electron chi connectivity index (χ2n) is 20.6. The summed E-state index contributed by atoms with van der Waals surface area (Å²) < 4.78 is 16.8. The van der Waals surface area contributed by atoms with E-state index in [4.69, 9.17) is 14.2 Å². The van der Waals surface area contributed by atoms with E-state index in [-0.39, 0.29) is 31.1 Å². The molecule has 0 fully saturated rings. The molecule has 0 heterocycles. The van der Waals surface area contributed by atoms with E-state index in [0.29, 0.717) is 19.3 Å². The molecule has 432 valence electrons. The van der Waals surface area contributed by atoms with Crippen LogP contribution < -0.4 is 0 Å². The van der Waals surface area contributed by atoms with Gasteiger partial charge in [-0.25, -0.2) is 0 Å². The SMILES string of the molecule is CC/C=C\C/C=C\C/C=C\C/C=C\C/C=C\C/C=C\C/C=C\C/C=C\CCCCC(=O)OCC(COC(=O)CCCCCCCCCC)OC(=O)CCCCCCCCCCCCC/C=C\C/C=C\CCCCCCC. The number of unbranched alkanes of at least 4 members (excludes halogenated alkanes) is 25. The molecule has 0 aromatic rings. The summed E-state index contributed by atoms with van der Waals surface area (Å²) in [6.07, 6.45) is 87.9. The molecule has 0 spiro atoms. The van der Waals surface area contributed by atoms with Crippen LogP contribution in [0.25, 0.3) is 0 Å². The zero-order valence-electron chi connectivity index (χ0n) is 49.5. The third kappa shape index (κ3) is 60.7. The van der Waals surface area contributed by atoms with Crippen molar-refractivity contribution in [2.45, 2.75) is 290 Å². The quantitative estimate of drug-likeness (QED) is 0.0261. The predicted molar refractivity (Wildman–Crippen MR) is 330 cm³/mol. The van der Waals surface area contributed by atoms with Gasteiger partial charge in [0.05, 0.1) is 0 Å². The zero-order chi connectivity index (χ0) is 55.0. The van der Waals surface area contributed by atoms with Crippen LogP contribution in [0.4, 0.5) is 0 Å². The lowest BCUT2D eigenvalue weighted by Gasteiger charge is -2.18. The first-order chi connectivity index (χ1) is 37.5. The summed E-state index contributed by atoms with van der Waals surface area (Å²) in [5.74, 6) is -0.943. The van der Waals surface area contributed by atoms with Gasteiger partial charge in [-0.3, -0.25) is 14.4 Å². The van der Waals surface area contributed by atoms with Gasteiger partial charge in [-0.2, -0.15) is 0 Å².